The third kappa shape index (κ3) is 2.86. The van der Waals surface area contributed by atoms with Crippen LogP contribution in [0.1, 0.15) is 10.5 Å². The van der Waals surface area contributed by atoms with Gasteiger partial charge in [-0.25, -0.2) is 15.0 Å². The number of aromatic nitrogens is 4. The van der Waals surface area contributed by atoms with E-state index in [2.05, 4.69) is 20.3 Å². The van der Waals surface area contributed by atoms with Crippen molar-refractivity contribution in [1.29, 1.82) is 0 Å². The number of nitrogens with one attached hydrogen (secondary N) is 1. The van der Waals surface area contributed by atoms with Crippen LogP contribution in [-0.4, -0.2) is 32.5 Å². The molecule has 0 radical (unpaired) electrons. The number of nitrogens with zero attached hydrogens (tertiary/aromatic N) is 4. The lowest BCUT2D eigenvalue weighted by atomic mass is 10.3. The number of rotatable bonds is 4. The van der Waals surface area contributed by atoms with Gasteiger partial charge in [-0.05, 0) is 24.3 Å². The van der Waals surface area contributed by atoms with Gasteiger partial charge in [0.25, 0.3) is 5.91 Å². The van der Waals surface area contributed by atoms with Crippen molar-refractivity contribution in [3.05, 3.63) is 72.7 Å². The zero-order chi connectivity index (χ0) is 17.9. The first-order valence-electron chi connectivity index (χ1n) is 7.96. The monoisotopic (exact) mass is 345 g/mol. The number of fused-ring (bicyclic) bond motifs is 1. The molecule has 26 heavy (non-hydrogen) atoms. The molecule has 1 N–H and O–H groups in total. The SMILES string of the molecule is COc1cc(C(=O)Nc2nc3ccccc3n2-c2ccccc2)ncn1. The van der Waals surface area contributed by atoms with Gasteiger partial charge < -0.3 is 4.74 Å². The number of hydrogen-bond acceptors (Lipinski definition) is 5. The Balaban J connectivity index is 1.78. The summed E-state index contributed by atoms with van der Waals surface area (Å²) in [7, 11) is 1.48. The van der Waals surface area contributed by atoms with Crippen molar-refractivity contribution in [2.24, 2.45) is 0 Å². The van der Waals surface area contributed by atoms with Gasteiger partial charge in [0.2, 0.25) is 11.8 Å². The van der Waals surface area contributed by atoms with Gasteiger partial charge in [-0.1, -0.05) is 30.3 Å². The van der Waals surface area contributed by atoms with Gasteiger partial charge in [-0.2, -0.15) is 0 Å². The molecule has 1 amide bonds. The summed E-state index contributed by atoms with van der Waals surface area (Å²) in [6.45, 7) is 0. The lowest BCUT2D eigenvalue weighted by Crippen LogP contribution is -2.17. The molecule has 7 nitrogen and oxygen atoms in total. The number of anilines is 1. The van der Waals surface area contributed by atoms with E-state index in [1.807, 2.05) is 59.2 Å². The first-order chi connectivity index (χ1) is 12.8. The van der Waals surface area contributed by atoms with Gasteiger partial charge >= 0.3 is 0 Å². The summed E-state index contributed by atoms with van der Waals surface area (Å²) in [4.78, 5) is 25.1. The van der Waals surface area contributed by atoms with Crippen LogP contribution < -0.4 is 10.1 Å². The number of methoxy groups -OCH3 is 1. The van der Waals surface area contributed by atoms with Crippen LogP contribution in [0.5, 0.6) is 5.88 Å². The standard InChI is InChI=1S/C19H15N5O2/c1-26-17-11-15(20-12-21-17)18(25)23-19-22-14-9-5-6-10-16(14)24(19)13-7-3-2-4-8-13/h2-12H,1H3,(H,22,23,25). The third-order valence-electron chi connectivity index (χ3n) is 3.88. The van der Waals surface area contributed by atoms with Crippen LogP contribution in [0, 0.1) is 0 Å². The Kier molecular flexibility index (Phi) is 4.03. The van der Waals surface area contributed by atoms with Gasteiger partial charge in [-0.3, -0.25) is 14.7 Å². The van der Waals surface area contributed by atoms with Gasteiger partial charge in [0.1, 0.15) is 12.0 Å². The molecule has 0 aliphatic carbocycles. The van der Waals surface area contributed by atoms with Crippen molar-refractivity contribution in [3.8, 4) is 11.6 Å². The molecule has 0 saturated heterocycles. The van der Waals surface area contributed by atoms with E-state index in [1.54, 1.807) is 0 Å². The minimum atomic E-state index is -0.391. The van der Waals surface area contributed by atoms with Crippen LogP contribution in [0.4, 0.5) is 5.95 Å². The number of carbonyl (C=O) groups excluding carboxylic acids is 1. The van der Waals surface area contributed by atoms with Crippen molar-refractivity contribution >= 4 is 22.9 Å². The molecule has 4 rings (SSSR count). The van der Waals surface area contributed by atoms with Gasteiger partial charge in [0.15, 0.2) is 0 Å². The normalized spacial score (nSPS) is 10.7. The van der Waals surface area contributed by atoms with E-state index in [9.17, 15) is 4.79 Å². The topological polar surface area (TPSA) is 81.9 Å². The van der Waals surface area contributed by atoms with Crippen molar-refractivity contribution < 1.29 is 9.53 Å². The molecule has 2 aromatic carbocycles. The average molecular weight is 345 g/mol. The Morgan fingerprint density at radius 1 is 1.04 bits per heavy atom. The second kappa shape index (κ2) is 6.64. The van der Waals surface area contributed by atoms with Crippen molar-refractivity contribution in [2.75, 3.05) is 12.4 Å². The Bertz CT molecular complexity index is 1080. The van der Waals surface area contributed by atoms with Crippen molar-refractivity contribution in [3.63, 3.8) is 0 Å². The summed E-state index contributed by atoms with van der Waals surface area (Å²) in [5.74, 6) is 0.347. The molecule has 128 valence electrons. The average Bonchev–Trinajstić information content (AvgIpc) is 3.06. The highest BCUT2D eigenvalue weighted by atomic mass is 16.5. The van der Waals surface area contributed by atoms with Crippen LogP contribution in [0.25, 0.3) is 16.7 Å². The van der Waals surface area contributed by atoms with E-state index in [4.69, 9.17) is 4.74 Å². The molecule has 4 aromatic rings. The fourth-order valence-electron chi connectivity index (χ4n) is 2.69. The summed E-state index contributed by atoms with van der Waals surface area (Å²) in [5, 5.41) is 2.83. The fraction of sp³-hybridized carbons (Fsp3) is 0.0526. The molecule has 0 aliphatic heterocycles. The maximum Gasteiger partial charge on any atom is 0.276 e. The first-order valence-corrected chi connectivity index (χ1v) is 7.96. The molecule has 0 bridgehead atoms. The van der Waals surface area contributed by atoms with Crippen LogP contribution in [-0.2, 0) is 0 Å². The van der Waals surface area contributed by atoms with Crippen LogP contribution in [0.15, 0.2) is 67.0 Å². The predicted octanol–water partition coefficient (Wildman–Crippen LogP) is 3.08. The second-order valence-electron chi connectivity index (χ2n) is 5.49. The number of ether oxygens (including phenoxy) is 1. The molecule has 0 atom stereocenters. The number of imidazole rings is 1. The van der Waals surface area contributed by atoms with E-state index in [1.165, 1.54) is 19.5 Å². The Morgan fingerprint density at radius 3 is 2.62 bits per heavy atom. The summed E-state index contributed by atoms with van der Waals surface area (Å²) >= 11 is 0. The number of carbonyl (C=O) groups is 1. The molecular weight excluding hydrogens is 330 g/mol. The molecule has 0 fully saturated rings. The summed E-state index contributed by atoms with van der Waals surface area (Å²) in [6.07, 6.45) is 1.29. The minimum absolute atomic E-state index is 0.198. The molecule has 2 aromatic heterocycles. The molecule has 7 heteroatoms. The smallest absolute Gasteiger partial charge is 0.276 e. The van der Waals surface area contributed by atoms with Crippen LogP contribution >= 0.6 is 0 Å². The molecular formula is C19H15N5O2. The maximum absolute atomic E-state index is 12.6. The fourth-order valence-corrected chi connectivity index (χ4v) is 2.69. The molecule has 0 spiro atoms. The third-order valence-corrected chi connectivity index (χ3v) is 3.88. The lowest BCUT2D eigenvalue weighted by Gasteiger charge is -2.10. The highest BCUT2D eigenvalue weighted by Crippen LogP contribution is 2.24. The summed E-state index contributed by atoms with van der Waals surface area (Å²) in [6, 6.07) is 18.9. The minimum Gasteiger partial charge on any atom is -0.481 e. The number of benzene rings is 2. The van der Waals surface area contributed by atoms with Gasteiger partial charge in [-0.15, -0.1) is 0 Å². The first kappa shape index (κ1) is 15.8. The number of amides is 1. The van der Waals surface area contributed by atoms with Gasteiger partial charge in [0.05, 0.1) is 18.1 Å². The van der Waals surface area contributed by atoms with E-state index < -0.39 is 5.91 Å². The van der Waals surface area contributed by atoms with E-state index in [0.29, 0.717) is 11.8 Å². The number of para-hydroxylation sites is 3. The Morgan fingerprint density at radius 2 is 1.81 bits per heavy atom. The molecule has 0 unspecified atom stereocenters. The van der Waals surface area contributed by atoms with E-state index in [0.717, 1.165) is 16.7 Å². The zero-order valence-corrected chi connectivity index (χ0v) is 14.0. The molecule has 0 aliphatic rings. The Hall–Kier alpha value is -3.74. The summed E-state index contributed by atoms with van der Waals surface area (Å²) < 4.78 is 6.94. The molecule has 0 saturated carbocycles. The maximum atomic E-state index is 12.6. The highest BCUT2D eigenvalue weighted by Gasteiger charge is 2.16. The summed E-state index contributed by atoms with van der Waals surface area (Å²) in [5.41, 5.74) is 2.78. The largest absolute Gasteiger partial charge is 0.481 e. The predicted molar refractivity (Wildman–Crippen MR) is 97.6 cm³/mol. The van der Waals surface area contributed by atoms with Crippen molar-refractivity contribution in [2.45, 2.75) is 0 Å². The van der Waals surface area contributed by atoms with E-state index in [-0.39, 0.29) is 5.69 Å². The molecule has 2 heterocycles. The van der Waals surface area contributed by atoms with Gasteiger partial charge in [0, 0.05) is 11.8 Å². The Labute approximate surface area is 149 Å². The number of hydrogen-bond donors (Lipinski definition) is 1. The quantitative estimate of drug-likeness (QED) is 0.615. The second-order valence-corrected chi connectivity index (χ2v) is 5.49. The van der Waals surface area contributed by atoms with Crippen molar-refractivity contribution in [1.82, 2.24) is 19.5 Å². The van der Waals surface area contributed by atoms with Crippen LogP contribution in [0.2, 0.25) is 0 Å². The highest BCUT2D eigenvalue weighted by molar-refractivity contribution is 6.03. The zero-order valence-electron chi connectivity index (χ0n) is 14.0. The van der Waals surface area contributed by atoms with Crippen LogP contribution in [0.3, 0.4) is 0 Å². The van der Waals surface area contributed by atoms with E-state index >= 15 is 0 Å². The lowest BCUT2D eigenvalue weighted by molar-refractivity contribution is 0.102.